The number of para-hydroxylation sites is 1. The first kappa shape index (κ1) is 16.0. The van der Waals surface area contributed by atoms with Gasteiger partial charge in [0.15, 0.2) is 0 Å². The molecule has 1 rings (SSSR count). The van der Waals surface area contributed by atoms with E-state index in [9.17, 15) is 0 Å². The summed E-state index contributed by atoms with van der Waals surface area (Å²) in [7, 11) is 0. The van der Waals surface area contributed by atoms with Crippen LogP contribution >= 0.6 is 0 Å². The van der Waals surface area contributed by atoms with Crippen LogP contribution in [-0.2, 0) is 5.41 Å². The van der Waals surface area contributed by atoms with Crippen LogP contribution in [0.15, 0.2) is 18.2 Å². The Labute approximate surface area is 117 Å². The van der Waals surface area contributed by atoms with Gasteiger partial charge in [-0.2, -0.15) is 0 Å². The Morgan fingerprint density at radius 1 is 1.21 bits per heavy atom. The van der Waals surface area contributed by atoms with E-state index in [0.29, 0.717) is 0 Å². The molecule has 19 heavy (non-hydrogen) atoms. The van der Waals surface area contributed by atoms with Gasteiger partial charge in [-0.15, -0.1) is 0 Å². The number of quaternary nitrogens is 2. The Bertz CT molecular complexity index is 383. The Balaban J connectivity index is 2.57. The quantitative estimate of drug-likeness (QED) is 0.707. The molecule has 0 atom stereocenters. The van der Waals surface area contributed by atoms with E-state index in [0.717, 1.165) is 38.4 Å². The summed E-state index contributed by atoms with van der Waals surface area (Å²) in [5, 5.41) is 2.30. The minimum absolute atomic E-state index is 0.126. The van der Waals surface area contributed by atoms with Crippen molar-refractivity contribution in [3.05, 3.63) is 29.3 Å². The minimum Gasteiger partial charge on any atom is -0.493 e. The van der Waals surface area contributed by atoms with E-state index < -0.39 is 0 Å². The third kappa shape index (κ3) is 5.21. The molecule has 108 valence electrons. The maximum absolute atomic E-state index is 6.04. The fourth-order valence-corrected chi connectivity index (χ4v) is 2.13. The zero-order valence-electron chi connectivity index (χ0n) is 13.0. The molecule has 0 saturated heterocycles. The van der Waals surface area contributed by atoms with Gasteiger partial charge in [0.2, 0.25) is 0 Å². The minimum atomic E-state index is 0.126. The normalized spacial score (nSPS) is 11.6. The van der Waals surface area contributed by atoms with Crippen LogP contribution in [0.5, 0.6) is 5.75 Å². The van der Waals surface area contributed by atoms with Gasteiger partial charge >= 0.3 is 0 Å². The molecule has 0 saturated carbocycles. The molecule has 1 aromatic rings. The molecule has 1 aromatic carbocycles. The second-order valence-electron chi connectivity index (χ2n) is 6.12. The number of benzene rings is 1. The van der Waals surface area contributed by atoms with Crippen molar-refractivity contribution in [2.75, 3.05) is 26.2 Å². The van der Waals surface area contributed by atoms with E-state index in [1.165, 1.54) is 11.1 Å². The van der Waals surface area contributed by atoms with Gasteiger partial charge in [0.25, 0.3) is 0 Å². The van der Waals surface area contributed by atoms with E-state index in [1.54, 1.807) is 0 Å². The Hall–Kier alpha value is -1.06. The first-order valence-corrected chi connectivity index (χ1v) is 7.30. The van der Waals surface area contributed by atoms with Crippen molar-refractivity contribution in [2.45, 2.75) is 39.5 Å². The van der Waals surface area contributed by atoms with Crippen LogP contribution in [0.1, 0.15) is 38.3 Å². The highest BCUT2D eigenvalue weighted by molar-refractivity contribution is 5.44. The Morgan fingerprint density at radius 3 is 2.58 bits per heavy atom. The molecule has 0 aliphatic rings. The SMILES string of the molecule is Cc1cccc(C(C)(C)C)c1OCCC[NH2+]CC[NH3+]. The molecule has 0 aromatic heterocycles. The molecule has 0 aliphatic carbocycles. The molecule has 0 fully saturated rings. The molecular formula is C16H30N2O+2. The van der Waals surface area contributed by atoms with Crippen LogP contribution < -0.4 is 15.8 Å². The van der Waals surface area contributed by atoms with Crippen molar-refractivity contribution in [1.82, 2.24) is 0 Å². The topological polar surface area (TPSA) is 53.5 Å². The van der Waals surface area contributed by atoms with E-state index in [1.807, 2.05) is 0 Å². The van der Waals surface area contributed by atoms with Crippen molar-refractivity contribution in [3.63, 3.8) is 0 Å². The monoisotopic (exact) mass is 266 g/mol. The maximum atomic E-state index is 6.04. The van der Waals surface area contributed by atoms with E-state index in [-0.39, 0.29) is 5.41 Å². The second kappa shape index (κ2) is 7.51. The lowest BCUT2D eigenvalue weighted by Crippen LogP contribution is -2.88. The molecular weight excluding hydrogens is 236 g/mol. The van der Waals surface area contributed by atoms with Crippen molar-refractivity contribution in [2.24, 2.45) is 0 Å². The third-order valence-electron chi connectivity index (χ3n) is 3.23. The van der Waals surface area contributed by atoms with Crippen molar-refractivity contribution in [1.29, 1.82) is 0 Å². The number of ether oxygens (including phenoxy) is 1. The predicted octanol–water partition coefficient (Wildman–Crippen LogP) is 0.867. The van der Waals surface area contributed by atoms with Gasteiger partial charge in [0.1, 0.15) is 18.8 Å². The number of hydrogen-bond donors (Lipinski definition) is 2. The summed E-state index contributed by atoms with van der Waals surface area (Å²) in [6.07, 6.45) is 1.08. The molecule has 0 amide bonds. The van der Waals surface area contributed by atoms with Crippen LogP contribution in [-0.4, -0.2) is 26.2 Å². The summed E-state index contributed by atoms with van der Waals surface area (Å²) in [6.45, 7) is 12.8. The third-order valence-corrected chi connectivity index (χ3v) is 3.23. The van der Waals surface area contributed by atoms with Crippen LogP contribution in [0.2, 0.25) is 0 Å². The van der Waals surface area contributed by atoms with Crippen LogP contribution in [0, 0.1) is 6.92 Å². The van der Waals surface area contributed by atoms with Crippen LogP contribution in [0.3, 0.4) is 0 Å². The fraction of sp³-hybridized carbons (Fsp3) is 0.625. The van der Waals surface area contributed by atoms with Gasteiger partial charge < -0.3 is 15.8 Å². The standard InChI is InChI=1S/C16H28N2O/c1-13-7-5-8-14(16(2,3)4)15(13)19-12-6-10-18-11-9-17/h5,7-8,18H,6,9-12,17H2,1-4H3/p+2. The highest BCUT2D eigenvalue weighted by atomic mass is 16.5. The zero-order chi connectivity index (χ0) is 14.3. The van der Waals surface area contributed by atoms with E-state index in [2.05, 4.69) is 56.9 Å². The van der Waals surface area contributed by atoms with Gasteiger partial charge in [-0.25, -0.2) is 0 Å². The summed E-state index contributed by atoms with van der Waals surface area (Å²) in [5.41, 5.74) is 6.50. The fourth-order valence-electron chi connectivity index (χ4n) is 2.13. The van der Waals surface area contributed by atoms with Gasteiger partial charge in [-0.1, -0.05) is 39.0 Å². The number of hydrogen-bond acceptors (Lipinski definition) is 1. The summed E-state index contributed by atoms with van der Waals surface area (Å²) < 4.78 is 6.04. The van der Waals surface area contributed by atoms with Crippen LogP contribution in [0.25, 0.3) is 0 Å². The Kier molecular flexibility index (Phi) is 6.32. The average molecular weight is 266 g/mol. The highest BCUT2D eigenvalue weighted by Crippen LogP contribution is 2.33. The molecule has 0 unspecified atom stereocenters. The smallest absolute Gasteiger partial charge is 0.125 e. The van der Waals surface area contributed by atoms with Crippen molar-refractivity contribution in [3.8, 4) is 5.75 Å². The van der Waals surface area contributed by atoms with Crippen LogP contribution in [0.4, 0.5) is 0 Å². The van der Waals surface area contributed by atoms with E-state index in [4.69, 9.17) is 4.74 Å². The molecule has 0 radical (unpaired) electrons. The average Bonchev–Trinajstić information content (AvgIpc) is 2.33. The highest BCUT2D eigenvalue weighted by Gasteiger charge is 2.19. The first-order chi connectivity index (χ1) is 8.96. The maximum Gasteiger partial charge on any atom is 0.125 e. The predicted molar refractivity (Wildman–Crippen MR) is 79.4 cm³/mol. The van der Waals surface area contributed by atoms with E-state index >= 15 is 0 Å². The molecule has 0 spiro atoms. The lowest BCUT2D eigenvalue weighted by atomic mass is 9.85. The van der Waals surface area contributed by atoms with Gasteiger partial charge in [-0.05, 0) is 23.5 Å². The summed E-state index contributed by atoms with van der Waals surface area (Å²) >= 11 is 0. The van der Waals surface area contributed by atoms with Gasteiger partial charge in [-0.3, -0.25) is 0 Å². The first-order valence-electron chi connectivity index (χ1n) is 7.30. The zero-order valence-corrected chi connectivity index (χ0v) is 13.0. The number of rotatable bonds is 7. The second-order valence-corrected chi connectivity index (χ2v) is 6.12. The number of aryl methyl sites for hydroxylation is 1. The summed E-state index contributed by atoms with van der Waals surface area (Å²) in [5.74, 6) is 1.08. The molecule has 0 bridgehead atoms. The van der Waals surface area contributed by atoms with Crippen molar-refractivity contribution >= 4 is 0 Å². The molecule has 0 aliphatic heterocycles. The summed E-state index contributed by atoms with van der Waals surface area (Å²) in [6, 6.07) is 6.42. The summed E-state index contributed by atoms with van der Waals surface area (Å²) in [4.78, 5) is 0. The van der Waals surface area contributed by atoms with Crippen molar-refractivity contribution < 1.29 is 15.8 Å². The van der Waals surface area contributed by atoms with Gasteiger partial charge in [0, 0.05) is 6.42 Å². The lowest BCUT2D eigenvalue weighted by Gasteiger charge is -2.24. The van der Waals surface area contributed by atoms with Gasteiger partial charge in [0.05, 0.1) is 13.2 Å². The molecule has 3 heteroatoms. The largest absolute Gasteiger partial charge is 0.493 e. The molecule has 5 N–H and O–H groups in total. The number of nitrogens with two attached hydrogens (primary N) is 1. The Morgan fingerprint density at radius 2 is 1.95 bits per heavy atom. The molecule has 0 heterocycles. The molecule has 3 nitrogen and oxygen atoms in total. The lowest BCUT2D eigenvalue weighted by molar-refractivity contribution is -0.670.